The molecule has 1 heterocycles. The summed E-state index contributed by atoms with van der Waals surface area (Å²) in [6, 6.07) is 0.492. The summed E-state index contributed by atoms with van der Waals surface area (Å²) in [5.74, 6) is 2.12. The molecule has 3 nitrogen and oxygen atoms in total. The number of hydrogen-bond acceptors (Lipinski definition) is 2. The van der Waals surface area contributed by atoms with Crippen LogP contribution in [0.25, 0.3) is 0 Å². The minimum Gasteiger partial charge on any atom is -0.356 e. The van der Waals surface area contributed by atoms with Gasteiger partial charge in [0.2, 0.25) is 5.91 Å². The lowest BCUT2D eigenvalue weighted by atomic mass is 9.92. The Morgan fingerprint density at radius 3 is 2.71 bits per heavy atom. The largest absolute Gasteiger partial charge is 0.356 e. The lowest BCUT2D eigenvalue weighted by Crippen LogP contribution is -2.43. The number of carbonyl (C=O) groups is 1. The molecule has 3 heteroatoms. The predicted molar refractivity (Wildman–Crippen MR) is 69.7 cm³/mol. The maximum absolute atomic E-state index is 12.0. The van der Waals surface area contributed by atoms with Gasteiger partial charge in [0.05, 0.1) is 0 Å². The quantitative estimate of drug-likeness (QED) is 0.789. The predicted octanol–water partition coefficient (Wildman–Crippen LogP) is 1.93. The second kappa shape index (κ2) is 5.85. The van der Waals surface area contributed by atoms with Gasteiger partial charge in [0, 0.05) is 18.5 Å². The van der Waals surface area contributed by atoms with E-state index in [1.54, 1.807) is 0 Å². The number of piperidine rings is 1. The Labute approximate surface area is 105 Å². The summed E-state index contributed by atoms with van der Waals surface area (Å²) >= 11 is 0. The van der Waals surface area contributed by atoms with Crippen molar-refractivity contribution in [1.82, 2.24) is 10.6 Å². The second-order valence-corrected chi connectivity index (χ2v) is 6.11. The first-order chi connectivity index (χ1) is 8.15. The Morgan fingerprint density at radius 2 is 2.06 bits per heavy atom. The molecule has 0 aromatic rings. The zero-order valence-electron chi connectivity index (χ0n) is 11.2. The molecule has 98 valence electrons. The molecule has 4 atom stereocenters. The van der Waals surface area contributed by atoms with Crippen molar-refractivity contribution >= 4 is 5.91 Å². The first-order valence-electron chi connectivity index (χ1n) is 7.16. The maximum Gasteiger partial charge on any atom is 0.223 e. The Bertz CT molecular complexity index is 267. The van der Waals surface area contributed by atoms with E-state index in [0.29, 0.717) is 6.04 Å². The number of rotatable bonds is 3. The van der Waals surface area contributed by atoms with Crippen LogP contribution in [0, 0.1) is 17.8 Å². The van der Waals surface area contributed by atoms with Gasteiger partial charge in [0.1, 0.15) is 0 Å². The normalized spacial score (nSPS) is 38.0. The lowest BCUT2D eigenvalue weighted by Gasteiger charge is -2.27. The first-order valence-corrected chi connectivity index (χ1v) is 7.16. The molecule has 2 rings (SSSR count). The van der Waals surface area contributed by atoms with E-state index in [2.05, 4.69) is 24.5 Å². The Morgan fingerprint density at radius 1 is 1.24 bits per heavy atom. The van der Waals surface area contributed by atoms with Crippen LogP contribution in [-0.2, 0) is 4.79 Å². The molecule has 0 aromatic carbocycles. The van der Waals surface area contributed by atoms with Crippen molar-refractivity contribution in [2.45, 2.75) is 52.0 Å². The molecule has 1 saturated carbocycles. The van der Waals surface area contributed by atoms with Crippen LogP contribution in [0.3, 0.4) is 0 Å². The van der Waals surface area contributed by atoms with Crippen LogP contribution in [0.1, 0.15) is 46.0 Å². The zero-order chi connectivity index (χ0) is 12.3. The number of carbonyl (C=O) groups excluding carboxylic acids is 1. The van der Waals surface area contributed by atoms with Crippen molar-refractivity contribution < 1.29 is 4.79 Å². The van der Waals surface area contributed by atoms with Gasteiger partial charge in [-0.15, -0.1) is 0 Å². The fourth-order valence-electron chi connectivity index (χ4n) is 3.27. The van der Waals surface area contributed by atoms with Crippen LogP contribution in [0.2, 0.25) is 0 Å². The van der Waals surface area contributed by atoms with E-state index < -0.39 is 0 Å². The highest BCUT2D eigenvalue weighted by Crippen LogP contribution is 2.29. The third-order valence-electron chi connectivity index (χ3n) is 4.36. The molecule has 2 fully saturated rings. The van der Waals surface area contributed by atoms with Crippen molar-refractivity contribution in [1.29, 1.82) is 0 Å². The summed E-state index contributed by atoms with van der Waals surface area (Å²) in [7, 11) is 0. The third-order valence-corrected chi connectivity index (χ3v) is 4.36. The Kier molecular flexibility index (Phi) is 4.43. The maximum atomic E-state index is 12.0. The van der Waals surface area contributed by atoms with Gasteiger partial charge in [-0.05, 0) is 51.0 Å². The molecule has 2 N–H and O–H groups in total. The summed E-state index contributed by atoms with van der Waals surface area (Å²) in [6.45, 7) is 6.37. The monoisotopic (exact) mass is 238 g/mol. The zero-order valence-corrected chi connectivity index (χ0v) is 11.2. The van der Waals surface area contributed by atoms with Crippen molar-refractivity contribution in [2.24, 2.45) is 17.8 Å². The summed E-state index contributed by atoms with van der Waals surface area (Å²) < 4.78 is 0. The van der Waals surface area contributed by atoms with Gasteiger partial charge in [-0.1, -0.05) is 13.3 Å². The second-order valence-electron chi connectivity index (χ2n) is 6.11. The van der Waals surface area contributed by atoms with Gasteiger partial charge < -0.3 is 10.6 Å². The van der Waals surface area contributed by atoms with Gasteiger partial charge >= 0.3 is 0 Å². The highest BCUT2D eigenvalue weighted by atomic mass is 16.1. The molecule has 4 unspecified atom stereocenters. The van der Waals surface area contributed by atoms with Crippen LogP contribution < -0.4 is 10.6 Å². The summed E-state index contributed by atoms with van der Waals surface area (Å²) in [5, 5.41) is 6.56. The Balaban J connectivity index is 1.69. The Hall–Kier alpha value is -0.570. The highest BCUT2D eigenvalue weighted by molar-refractivity contribution is 5.78. The summed E-state index contributed by atoms with van der Waals surface area (Å²) in [4.78, 5) is 12.0. The van der Waals surface area contributed by atoms with Crippen molar-refractivity contribution in [3.63, 3.8) is 0 Å². The number of amides is 1. The molecule has 0 bridgehead atoms. The number of hydrogen-bond donors (Lipinski definition) is 2. The van der Waals surface area contributed by atoms with Crippen LogP contribution >= 0.6 is 0 Å². The van der Waals surface area contributed by atoms with Gasteiger partial charge in [-0.25, -0.2) is 0 Å². The topological polar surface area (TPSA) is 41.1 Å². The number of nitrogens with one attached hydrogen (secondary N) is 2. The molecule has 0 aromatic heterocycles. The molecular weight excluding hydrogens is 212 g/mol. The third kappa shape index (κ3) is 3.70. The first kappa shape index (κ1) is 12.9. The molecule has 1 aliphatic heterocycles. The molecular formula is C14H26N2O. The smallest absolute Gasteiger partial charge is 0.223 e. The van der Waals surface area contributed by atoms with E-state index in [4.69, 9.17) is 0 Å². The van der Waals surface area contributed by atoms with Crippen molar-refractivity contribution in [3.05, 3.63) is 0 Å². The van der Waals surface area contributed by atoms with E-state index in [1.807, 2.05) is 0 Å². The van der Waals surface area contributed by atoms with E-state index in [9.17, 15) is 4.79 Å². The van der Waals surface area contributed by atoms with Gasteiger partial charge in [0.15, 0.2) is 0 Å². The average Bonchev–Trinajstić information content (AvgIpc) is 2.72. The van der Waals surface area contributed by atoms with Gasteiger partial charge in [0.25, 0.3) is 0 Å². The summed E-state index contributed by atoms with van der Waals surface area (Å²) in [6.07, 6.45) is 5.92. The molecule has 0 spiro atoms. The van der Waals surface area contributed by atoms with Gasteiger partial charge in [-0.3, -0.25) is 4.79 Å². The van der Waals surface area contributed by atoms with E-state index in [1.165, 1.54) is 19.3 Å². The molecule has 2 aliphatic rings. The fourth-order valence-corrected chi connectivity index (χ4v) is 3.27. The van der Waals surface area contributed by atoms with Gasteiger partial charge in [-0.2, -0.15) is 0 Å². The molecule has 0 radical (unpaired) electrons. The van der Waals surface area contributed by atoms with Crippen molar-refractivity contribution in [3.8, 4) is 0 Å². The molecule has 1 aliphatic carbocycles. The van der Waals surface area contributed by atoms with Crippen LogP contribution in [0.4, 0.5) is 0 Å². The lowest BCUT2D eigenvalue weighted by molar-refractivity contribution is -0.126. The SMILES string of the molecule is CC1CCC(CNC(=O)C2CCNC(C)C2)C1. The van der Waals surface area contributed by atoms with Crippen LogP contribution in [0.5, 0.6) is 0 Å². The van der Waals surface area contributed by atoms with Crippen LogP contribution in [-0.4, -0.2) is 25.0 Å². The molecule has 1 saturated heterocycles. The fraction of sp³-hybridized carbons (Fsp3) is 0.929. The van der Waals surface area contributed by atoms with E-state index in [0.717, 1.165) is 37.8 Å². The minimum atomic E-state index is 0.241. The van der Waals surface area contributed by atoms with E-state index in [-0.39, 0.29) is 11.8 Å². The molecule has 1 amide bonds. The molecule has 17 heavy (non-hydrogen) atoms. The van der Waals surface area contributed by atoms with Crippen LogP contribution in [0.15, 0.2) is 0 Å². The highest BCUT2D eigenvalue weighted by Gasteiger charge is 2.26. The summed E-state index contributed by atoms with van der Waals surface area (Å²) in [5.41, 5.74) is 0. The van der Waals surface area contributed by atoms with Crippen molar-refractivity contribution in [2.75, 3.05) is 13.1 Å². The standard InChI is InChI=1S/C14H26N2O/c1-10-3-4-12(7-10)9-16-14(17)13-5-6-15-11(2)8-13/h10-13,15H,3-9H2,1-2H3,(H,16,17). The van der Waals surface area contributed by atoms with E-state index >= 15 is 0 Å². The average molecular weight is 238 g/mol. The minimum absolute atomic E-state index is 0.241.